The van der Waals surface area contributed by atoms with E-state index in [1.807, 2.05) is 60.7 Å². The van der Waals surface area contributed by atoms with Gasteiger partial charge in [-0.3, -0.25) is 0 Å². The van der Waals surface area contributed by atoms with Gasteiger partial charge in [0.2, 0.25) is 0 Å². The first-order valence-electron chi connectivity index (χ1n) is 17.6. The molecule has 53 heavy (non-hydrogen) atoms. The molecule has 0 aliphatic carbocycles. The van der Waals surface area contributed by atoms with E-state index in [9.17, 15) is 10.5 Å². The van der Waals surface area contributed by atoms with E-state index in [0.29, 0.717) is 11.1 Å². The number of aromatic nitrogens is 1. The zero-order valence-corrected chi connectivity index (χ0v) is 28.5. The zero-order chi connectivity index (χ0) is 35.5. The van der Waals surface area contributed by atoms with Crippen LogP contribution in [0.5, 0.6) is 0 Å². The molecule has 10 aromatic rings. The molecule has 0 aliphatic heterocycles. The van der Waals surface area contributed by atoms with Crippen LogP contribution in [0.15, 0.2) is 176 Å². The number of nitrogens with zero attached hydrogens (tertiary/aromatic N) is 5. The fraction of sp³-hybridized carbons (Fsp3) is 0. The van der Waals surface area contributed by atoms with E-state index < -0.39 is 0 Å². The number of hydrogen-bond acceptors (Lipinski definition) is 4. The van der Waals surface area contributed by atoms with Gasteiger partial charge in [-0.15, -0.1) is 0 Å². The van der Waals surface area contributed by atoms with Crippen LogP contribution >= 0.6 is 0 Å². The lowest BCUT2D eigenvalue weighted by atomic mass is 9.99. The molecule has 8 aromatic carbocycles. The lowest BCUT2D eigenvalue weighted by Crippen LogP contribution is -2.09. The van der Waals surface area contributed by atoms with E-state index in [4.69, 9.17) is 0 Å². The van der Waals surface area contributed by atoms with Gasteiger partial charge in [0.25, 0.3) is 0 Å². The maximum absolute atomic E-state index is 9.49. The molecule has 10 rings (SSSR count). The van der Waals surface area contributed by atoms with Crippen LogP contribution in [0.25, 0.3) is 48.9 Å². The number of para-hydroxylation sites is 3. The average Bonchev–Trinajstić information content (AvgIpc) is 3.74. The van der Waals surface area contributed by atoms with Crippen LogP contribution in [0.1, 0.15) is 11.1 Å². The van der Waals surface area contributed by atoms with Crippen LogP contribution in [0, 0.1) is 22.7 Å². The zero-order valence-electron chi connectivity index (χ0n) is 28.5. The summed E-state index contributed by atoms with van der Waals surface area (Å²) in [5.41, 5.74) is 10.9. The number of anilines is 6. The summed E-state index contributed by atoms with van der Waals surface area (Å²) in [6, 6.07) is 65.3. The second kappa shape index (κ2) is 12.0. The van der Waals surface area contributed by atoms with Crippen molar-refractivity contribution >= 4 is 83.0 Å². The van der Waals surface area contributed by atoms with Crippen LogP contribution in [0.4, 0.5) is 34.1 Å². The number of nitriles is 2. The Morgan fingerprint density at radius 1 is 0.377 bits per heavy atom. The van der Waals surface area contributed by atoms with Crippen molar-refractivity contribution in [3.63, 3.8) is 0 Å². The van der Waals surface area contributed by atoms with Crippen LogP contribution in [0.2, 0.25) is 0 Å². The predicted molar refractivity (Wildman–Crippen MR) is 217 cm³/mol. The molecule has 0 atom stereocenters. The molecule has 5 nitrogen and oxygen atoms in total. The second-order valence-electron chi connectivity index (χ2n) is 13.3. The highest BCUT2D eigenvalue weighted by Crippen LogP contribution is 2.46. The largest absolute Gasteiger partial charge is 0.310 e. The minimum atomic E-state index is 0.631. The van der Waals surface area contributed by atoms with E-state index in [1.54, 1.807) is 0 Å². The highest BCUT2D eigenvalue weighted by molar-refractivity contribution is 6.31. The Morgan fingerprint density at radius 2 is 0.887 bits per heavy atom. The summed E-state index contributed by atoms with van der Waals surface area (Å²) < 4.78 is 2.43. The van der Waals surface area contributed by atoms with E-state index >= 15 is 0 Å². The fourth-order valence-corrected chi connectivity index (χ4v) is 7.96. The van der Waals surface area contributed by atoms with E-state index in [2.05, 4.69) is 142 Å². The first-order valence-corrected chi connectivity index (χ1v) is 17.6. The van der Waals surface area contributed by atoms with Crippen molar-refractivity contribution < 1.29 is 0 Å². The molecule has 246 valence electrons. The van der Waals surface area contributed by atoms with Crippen LogP contribution in [0.3, 0.4) is 0 Å². The molecular weight excluding hydrogens is 647 g/mol. The third-order valence-corrected chi connectivity index (χ3v) is 10.3. The minimum absolute atomic E-state index is 0.631. The van der Waals surface area contributed by atoms with Crippen molar-refractivity contribution in [3.8, 4) is 12.1 Å². The smallest absolute Gasteiger partial charge is 0.0991 e. The van der Waals surface area contributed by atoms with E-state index in [-0.39, 0.29) is 0 Å². The van der Waals surface area contributed by atoms with Crippen molar-refractivity contribution in [2.45, 2.75) is 0 Å². The monoisotopic (exact) mass is 675 g/mol. The number of rotatable bonds is 6. The molecule has 2 heterocycles. The molecule has 0 N–H and O–H groups in total. The molecule has 0 amide bonds. The van der Waals surface area contributed by atoms with Crippen molar-refractivity contribution in [3.05, 3.63) is 187 Å². The lowest BCUT2D eigenvalue weighted by molar-refractivity contribution is 1.28. The summed E-state index contributed by atoms with van der Waals surface area (Å²) in [5, 5.41) is 26.2. The molecule has 0 saturated heterocycles. The lowest BCUT2D eigenvalue weighted by Gasteiger charge is -2.26. The predicted octanol–water partition coefficient (Wildman–Crippen LogP) is 12.7. The highest BCUT2D eigenvalue weighted by atomic mass is 15.1. The first kappa shape index (κ1) is 30.2. The summed E-state index contributed by atoms with van der Waals surface area (Å²) >= 11 is 0. The van der Waals surface area contributed by atoms with Gasteiger partial charge in [0.05, 0.1) is 39.8 Å². The quantitative estimate of drug-likeness (QED) is 0.176. The molecule has 2 aromatic heterocycles. The molecule has 0 aliphatic rings. The molecule has 5 heteroatoms. The van der Waals surface area contributed by atoms with Gasteiger partial charge in [0, 0.05) is 55.7 Å². The Hall–Kier alpha value is -7.60. The molecule has 0 spiro atoms. The standard InChI is InChI=1S/C48H29N5/c49-30-32-15-20-37(21-16-32)51(35-9-3-1-4-10-35)39-24-19-34-27-44-41-26-25-40(52(36-11-5-2-6-12-36)38-22-17-33(31-50)18-23-38)29-46(41)53-45-14-8-7-13-42(45)47(48(44)53)43(34)28-39/h1-29H. The Kier molecular flexibility index (Phi) is 6.86. The average molecular weight is 676 g/mol. The molecule has 0 bridgehead atoms. The highest BCUT2D eigenvalue weighted by Gasteiger charge is 2.23. The van der Waals surface area contributed by atoms with Crippen LogP contribution in [-0.4, -0.2) is 4.40 Å². The molecule has 0 fully saturated rings. The topological polar surface area (TPSA) is 58.5 Å². The van der Waals surface area contributed by atoms with Gasteiger partial charge in [0.1, 0.15) is 0 Å². The minimum Gasteiger partial charge on any atom is -0.310 e. The van der Waals surface area contributed by atoms with Gasteiger partial charge in [-0.2, -0.15) is 10.5 Å². The fourth-order valence-electron chi connectivity index (χ4n) is 7.96. The second-order valence-corrected chi connectivity index (χ2v) is 13.3. The van der Waals surface area contributed by atoms with Gasteiger partial charge in [0.15, 0.2) is 0 Å². The Labute approximate surface area is 306 Å². The maximum atomic E-state index is 9.49. The SMILES string of the molecule is N#Cc1ccc(N(c2ccccc2)c2ccc3cc4c5ccc(N(c6ccccc6)c6ccc(C#N)cc6)cc5n5c6ccccc6c(c3c2)c45)cc1. The molecule has 0 radical (unpaired) electrons. The van der Waals surface area contributed by atoms with E-state index in [1.165, 1.54) is 37.8 Å². The number of benzene rings is 8. The summed E-state index contributed by atoms with van der Waals surface area (Å²) in [6.07, 6.45) is 0. The van der Waals surface area contributed by atoms with Crippen molar-refractivity contribution in [2.24, 2.45) is 0 Å². The van der Waals surface area contributed by atoms with Gasteiger partial charge >= 0.3 is 0 Å². The summed E-state index contributed by atoms with van der Waals surface area (Å²) in [6.45, 7) is 0. The summed E-state index contributed by atoms with van der Waals surface area (Å²) in [5.74, 6) is 0. The third-order valence-electron chi connectivity index (χ3n) is 10.3. The normalized spacial score (nSPS) is 11.4. The van der Waals surface area contributed by atoms with Gasteiger partial charge < -0.3 is 14.2 Å². The van der Waals surface area contributed by atoms with Gasteiger partial charge in [-0.05, 0) is 120 Å². The number of fused-ring (bicyclic) bond motifs is 8. The van der Waals surface area contributed by atoms with Crippen LogP contribution < -0.4 is 9.80 Å². The van der Waals surface area contributed by atoms with E-state index in [0.717, 1.165) is 45.2 Å². The Balaban J connectivity index is 1.23. The third kappa shape index (κ3) is 4.77. The van der Waals surface area contributed by atoms with Crippen molar-refractivity contribution in [1.82, 2.24) is 4.40 Å². The maximum Gasteiger partial charge on any atom is 0.0991 e. The summed E-state index contributed by atoms with van der Waals surface area (Å²) in [4.78, 5) is 4.50. The molecular formula is C48H29N5. The summed E-state index contributed by atoms with van der Waals surface area (Å²) in [7, 11) is 0. The van der Waals surface area contributed by atoms with Crippen molar-refractivity contribution in [1.29, 1.82) is 10.5 Å². The molecule has 0 unspecified atom stereocenters. The molecule has 0 saturated carbocycles. The van der Waals surface area contributed by atoms with Gasteiger partial charge in [-0.1, -0.05) is 66.7 Å². The Morgan fingerprint density at radius 3 is 1.49 bits per heavy atom. The Bertz CT molecular complexity index is 2940. The first-order chi connectivity index (χ1) is 26.2. The number of hydrogen-bond donors (Lipinski definition) is 0. The van der Waals surface area contributed by atoms with Gasteiger partial charge in [-0.25, -0.2) is 0 Å². The van der Waals surface area contributed by atoms with Crippen molar-refractivity contribution in [2.75, 3.05) is 9.80 Å². The van der Waals surface area contributed by atoms with Crippen LogP contribution in [-0.2, 0) is 0 Å².